The molecule has 114 valence electrons. The summed E-state index contributed by atoms with van der Waals surface area (Å²) >= 11 is 0. The van der Waals surface area contributed by atoms with E-state index in [-0.39, 0.29) is 5.41 Å². The van der Waals surface area contributed by atoms with Crippen LogP contribution in [0, 0.1) is 0 Å². The molecule has 1 saturated carbocycles. The van der Waals surface area contributed by atoms with Gasteiger partial charge in [0.2, 0.25) is 0 Å². The third-order valence-corrected chi connectivity index (χ3v) is 5.41. The maximum atomic E-state index is 12.2. The quantitative estimate of drug-likeness (QED) is 0.893. The average molecular weight is 287 g/mol. The molecule has 3 nitrogen and oxygen atoms in total. The van der Waals surface area contributed by atoms with Crippen molar-refractivity contribution in [3.63, 3.8) is 0 Å². The van der Waals surface area contributed by atoms with Gasteiger partial charge in [0.05, 0.1) is 0 Å². The molecule has 3 heteroatoms. The van der Waals surface area contributed by atoms with Crippen LogP contribution in [0.3, 0.4) is 0 Å². The fourth-order valence-corrected chi connectivity index (χ4v) is 4.07. The summed E-state index contributed by atoms with van der Waals surface area (Å²) in [6, 6.07) is 8.44. The molecule has 1 aromatic rings. The Balaban J connectivity index is 2.06. The lowest BCUT2D eigenvalue weighted by atomic mass is 9.65. The van der Waals surface area contributed by atoms with Crippen LogP contribution < -0.4 is 5.32 Å². The smallest absolute Gasteiger partial charge is 0.328 e. The molecule has 0 amide bonds. The molecule has 0 bridgehead atoms. The first-order chi connectivity index (χ1) is 9.96. The van der Waals surface area contributed by atoms with Gasteiger partial charge in [-0.05, 0) is 42.2 Å². The SMILES string of the molecule is CC1(C)CCC(NC2CCCC2)(C(=O)O)c2ccccc21. The molecule has 1 unspecified atom stereocenters. The van der Waals surface area contributed by atoms with Gasteiger partial charge in [0.1, 0.15) is 5.54 Å². The van der Waals surface area contributed by atoms with Gasteiger partial charge < -0.3 is 5.11 Å². The standard InChI is InChI=1S/C18H25NO2/c1-17(2)11-12-18(16(20)21,19-13-7-3-4-8-13)15-10-6-5-9-14(15)17/h5-6,9-10,13,19H,3-4,7-8,11-12H2,1-2H3,(H,20,21). The second kappa shape index (κ2) is 5.13. The van der Waals surface area contributed by atoms with Crippen molar-refractivity contribution < 1.29 is 9.90 Å². The van der Waals surface area contributed by atoms with E-state index >= 15 is 0 Å². The normalized spacial score (nSPS) is 28.3. The molecule has 2 N–H and O–H groups in total. The molecule has 1 atom stereocenters. The van der Waals surface area contributed by atoms with Crippen LogP contribution >= 0.6 is 0 Å². The Labute approximate surface area is 126 Å². The highest BCUT2D eigenvalue weighted by Gasteiger charge is 2.49. The van der Waals surface area contributed by atoms with Crippen LogP contribution in [0.4, 0.5) is 0 Å². The Morgan fingerprint density at radius 3 is 2.38 bits per heavy atom. The lowest BCUT2D eigenvalue weighted by Crippen LogP contribution is -2.56. The van der Waals surface area contributed by atoms with Crippen molar-refractivity contribution in [3.8, 4) is 0 Å². The minimum Gasteiger partial charge on any atom is -0.480 e. The molecule has 2 aliphatic rings. The third-order valence-electron chi connectivity index (χ3n) is 5.41. The second-order valence-corrected chi connectivity index (χ2v) is 7.27. The van der Waals surface area contributed by atoms with Crippen molar-refractivity contribution in [2.45, 2.75) is 69.4 Å². The minimum absolute atomic E-state index is 0.0485. The van der Waals surface area contributed by atoms with Gasteiger partial charge in [0.15, 0.2) is 0 Å². The topological polar surface area (TPSA) is 49.3 Å². The highest BCUT2D eigenvalue weighted by atomic mass is 16.4. The van der Waals surface area contributed by atoms with Gasteiger partial charge in [-0.1, -0.05) is 51.0 Å². The zero-order chi connectivity index (χ0) is 15.1. The zero-order valence-corrected chi connectivity index (χ0v) is 13.0. The van der Waals surface area contributed by atoms with Gasteiger partial charge >= 0.3 is 5.97 Å². The molecule has 0 saturated heterocycles. The summed E-state index contributed by atoms with van der Waals surface area (Å²) in [6.07, 6.45) is 6.18. The van der Waals surface area contributed by atoms with E-state index in [0.717, 1.165) is 24.8 Å². The number of nitrogens with one attached hydrogen (secondary N) is 1. The van der Waals surface area contributed by atoms with Gasteiger partial charge in [-0.2, -0.15) is 0 Å². The van der Waals surface area contributed by atoms with Gasteiger partial charge in [0, 0.05) is 6.04 Å². The van der Waals surface area contributed by atoms with E-state index in [2.05, 4.69) is 25.2 Å². The second-order valence-electron chi connectivity index (χ2n) is 7.27. The van der Waals surface area contributed by atoms with E-state index in [4.69, 9.17) is 0 Å². The van der Waals surface area contributed by atoms with E-state index in [9.17, 15) is 9.90 Å². The lowest BCUT2D eigenvalue weighted by Gasteiger charge is -2.44. The van der Waals surface area contributed by atoms with E-state index in [0.29, 0.717) is 12.5 Å². The van der Waals surface area contributed by atoms with Gasteiger partial charge in [-0.25, -0.2) is 4.79 Å². The molecule has 21 heavy (non-hydrogen) atoms. The Kier molecular flexibility index (Phi) is 3.56. The predicted octanol–water partition coefficient (Wildman–Crippen LogP) is 3.57. The van der Waals surface area contributed by atoms with Crippen LogP contribution in [0.25, 0.3) is 0 Å². The van der Waals surface area contributed by atoms with Crippen LogP contribution in [0.2, 0.25) is 0 Å². The Morgan fingerprint density at radius 1 is 1.14 bits per heavy atom. The first-order valence-corrected chi connectivity index (χ1v) is 8.07. The molecule has 1 fully saturated rings. The van der Waals surface area contributed by atoms with E-state index < -0.39 is 11.5 Å². The summed E-state index contributed by atoms with van der Waals surface area (Å²) in [4.78, 5) is 12.2. The van der Waals surface area contributed by atoms with Crippen molar-refractivity contribution in [1.29, 1.82) is 0 Å². The van der Waals surface area contributed by atoms with Crippen LogP contribution in [0.15, 0.2) is 24.3 Å². The van der Waals surface area contributed by atoms with Crippen molar-refractivity contribution in [2.75, 3.05) is 0 Å². The van der Waals surface area contributed by atoms with Crippen molar-refractivity contribution >= 4 is 5.97 Å². The maximum Gasteiger partial charge on any atom is 0.328 e. The number of hydrogen-bond donors (Lipinski definition) is 2. The molecule has 3 rings (SSSR count). The molecule has 1 aromatic carbocycles. The molecule has 0 heterocycles. The number of fused-ring (bicyclic) bond motifs is 1. The van der Waals surface area contributed by atoms with Crippen LogP contribution in [-0.4, -0.2) is 17.1 Å². The summed E-state index contributed by atoms with van der Waals surface area (Å²) in [5, 5.41) is 13.5. The van der Waals surface area contributed by atoms with Crippen molar-refractivity contribution in [2.24, 2.45) is 0 Å². The predicted molar refractivity (Wildman–Crippen MR) is 83.4 cm³/mol. The number of hydrogen-bond acceptors (Lipinski definition) is 2. The molecule has 0 aliphatic heterocycles. The highest BCUT2D eigenvalue weighted by Crippen LogP contribution is 2.45. The number of carbonyl (C=O) groups is 1. The van der Waals surface area contributed by atoms with Gasteiger partial charge in [-0.3, -0.25) is 5.32 Å². The summed E-state index contributed by atoms with van der Waals surface area (Å²) in [7, 11) is 0. The molecule has 0 spiro atoms. The number of rotatable bonds is 3. The largest absolute Gasteiger partial charge is 0.480 e. The Morgan fingerprint density at radius 2 is 1.76 bits per heavy atom. The monoisotopic (exact) mass is 287 g/mol. The van der Waals surface area contributed by atoms with Crippen molar-refractivity contribution in [3.05, 3.63) is 35.4 Å². The molecular weight excluding hydrogens is 262 g/mol. The Hall–Kier alpha value is -1.35. The number of carboxylic acid groups (broad SMARTS) is 1. The van der Waals surface area contributed by atoms with E-state index in [1.165, 1.54) is 18.4 Å². The third kappa shape index (κ3) is 2.38. The first kappa shape index (κ1) is 14.6. The fraction of sp³-hybridized carbons (Fsp3) is 0.611. The van der Waals surface area contributed by atoms with Gasteiger partial charge in [0.25, 0.3) is 0 Å². The number of benzene rings is 1. The van der Waals surface area contributed by atoms with Crippen molar-refractivity contribution in [1.82, 2.24) is 5.32 Å². The molecule has 0 aromatic heterocycles. The molecular formula is C18H25NO2. The first-order valence-electron chi connectivity index (χ1n) is 8.07. The van der Waals surface area contributed by atoms with Crippen LogP contribution in [0.1, 0.15) is 63.5 Å². The van der Waals surface area contributed by atoms with E-state index in [1.54, 1.807) is 0 Å². The summed E-state index contributed by atoms with van der Waals surface area (Å²) < 4.78 is 0. The minimum atomic E-state index is -0.902. The summed E-state index contributed by atoms with van der Waals surface area (Å²) in [5.74, 6) is -0.725. The lowest BCUT2D eigenvalue weighted by molar-refractivity contribution is -0.147. The highest BCUT2D eigenvalue weighted by molar-refractivity contribution is 5.82. The van der Waals surface area contributed by atoms with Crippen LogP contribution in [-0.2, 0) is 15.7 Å². The van der Waals surface area contributed by atoms with E-state index in [1.807, 2.05) is 18.2 Å². The number of carboxylic acids is 1. The number of aliphatic carboxylic acids is 1. The summed E-state index contributed by atoms with van der Waals surface area (Å²) in [6.45, 7) is 4.43. The summed E-state index contributed by atoms with van der Waals surface area (Å²) in [5.41, 5.74) is 1.30. The van der Waals surface area contributed by atoms with Crippen LogP contribution in [0.5, 0.6) is 0 Å². The average Bonchev–Trinajstić information content (AvgIpc) is 2.95. The van der Waals surface area contributed by atoms with Gasteiger partial charge in [-0.15, -0.1) is 0 Å². The Bertz CT molecular complexity index is 546. The zero-order valence-electron chi connectivity index (χ0n) is 13.0. The fourth-order valence-electron chi connectivity index (χ4n) is 4.07. The molecule has 0 radical (unpaired) electrons. The molecule has 2 aliphatic carbocycles. The maximum absolute atomic E-state index is 12.2.